The van der Waals surface area contributed by atoms with Crippen LogP contribution in [0.25, 0.3) is 0 Å². The Morgan fingerprint density at radius 1 is 1.80 bits per heavy atom. The largest absolute Gasteiger partial charge is 0.396 e. The first-order chi connectivity index (χ1) is 4.83. The van der Waals surface area contributed by atoms with E-state index in [1.54, 1.807) is 0 Å². The molecule has 0 aliphatic carbocycles. The molecular formula is C7H13NO2. The fourth-order valence-corrected chi connectivity index (χ4v) is 0.195. The molecule has 0 rings (SSSR count). The van der Waals surface area contributed by atoms with E-state index in [4.69, 9.17) is 9.90 Å². The molecular weight excluding hydrogens is 130 g/mol. The highest BCUT2D eigenvalue weighted by molar-refractivity contribution is 5.34. The number of carbonyl (C=O) groups excluding carboxylic acids is 1. The van der Waals surface area contributed by atoms with Crippen molar-refractivity contribution in [1.82, 2.24) is 0 Å². The first kappa shape index (κ1) is 11.8. The average Bonchev–Trinajstić information content (AvgIpc) is 1.93. The van der Waals surface area contributed by atoms with E-state index in [2.05, 4.69) is 18.5 Å². The number of aliphatic imine (C=N–C) groups is 1. The Morgan fingerprint density at radius 3 is 2.40 bits per heavy atom. The monoisotopic (exact) mass is 143 g/mol. The standard InChI is InChI=1S/C4H10O.C3H3NO/c1-2-3-4-5;1-2-4-3-5/h5H,2-4H2,1H3;2H,1H2. The van der Waals surface area contributed by atoms with Gasteiger partial charge in [-0.05, 0) is 6.42 Å². The zero-order chi connectivity index (χ0) is 8.24. The number of hydrogen-bond donors (Lipinski definition) is 1. The van der Waals surface area contributed by atoms with E-state index >= 15 is 0 Å². The number of aliphatic hydroxyl groups excluding tert-OH is 1. The van der Waals surface area contributed by atoms with Crippen molar-refractivity contribution in [2.24, 2.45) is 4.99 Å². The van der Waals surface area contributed by atoms with Crippen molar-refractivity contribution in [2.45, 2.75) is 19.8 Å². The first-order valence-corrected chi connectivity index (χ1v) is 3.12. The Balaban J connectivity index is 0. The maximum Gasteiger partial charge on any atom is 0.239 e. The van der Waals surface area contributed by atoms with Gasteiger partial charge in [0.2, 0.25) is 6.08 Å². The van der Waals surface area contributed by atoms with Gasteiger partial charge in [-0.25, -0.2) is 4.79 Å². The summed E-state index contributed by atoms with van der Waals surface area (Å²) >= 11 is 0. The van der Waals surface area contributed by atoms with Crippen LogP contribution in [-0.4, -0.2) is 17.8 Å². The van der Waals surface area contributed by atoms with Crippen molar-refractivity contribution in [3.05, 3.63) is 12.8 Å². The lowest BCUT2D eigenvalue weighted by atomic mass is 10.4. The van der Waals surface area contributed by atoms with Crippen molar-refractivity contribution in [3.63, 3.8) is 0 Å². The van der Waals surface area contributed by atoms with Crippen LogP contribution >= 0.6 is 0 Å². The van der Waals surface area contributed by atoms with Crippen molar-refractivity contribution in [2.75, 3.05) is 6.61 Å². The van der Waals surface area contributed by atoms with Gasteiger partial charge in [0.05, 0.1) is 0 Å². The molecule has 0 saturated heterocycles. The quantitative estimate of drug-likeness (QED) is 0.477. The van der Waals surface area contributed by atoms with Crippen LogP contribution in [0.4, 0.5) is 0 Å². The molecule has 0 heterocycles. The lowest BCUT2D eigenvalue weighted by molar-refractivity contribution is 0.287. The normalized spacial score (nSPS) is 6.60. The van der Waals surface area contributed by atoms with Gasteiger partial charge < -0.3 is 5.11 Å². The highest BCUT2D eigenvalue weighted by atomic mass is 16.2. The fourth-order valence-electron chi connectivity index (χ4n) is 0.195. The van der Waals surface area contributed by atoms with Crippen LogP contribution in [0.3, 0.4) is 0 Å². The predicted octanol–water partition coefficient (Wildman–Crippen LogP) is 1.24. The molecule has 0 aromatic rings. The van der Waals surface area contributed by atoms with Crippen LogP contribution < -0.4 is 0 Å². The summed E-state index contributed by atoms with van der Waals surface area (Å²) in [5.41, 5.74) is 0. The van der Waals surface area contributed by atoms with Crippen LogP contribution in [0.5, 0.6) is 0 Å². The summed E-state index contributed by atoms with van der Waals surface area (Å²) in [4.78, 5) is 12.0. The molecule has 0 fully saturated rings. The van der Waals surface area contributed by atoms with Gasteiger partial charge in [-0.1, -0.05) is 19.9 Å². The summed E-state index contributed by atoms with van der Waals surface area (Å²) < 4.78 is 0. The van der Waals surface area contributed by atoms with E-state index in [0.717, 1.165) is 19.0 Å². The maximum absolute atomic E-state index is 9.04. The van der Waals surface area contributed by atoms with Gasteiger partial charge in [0.15, 0.2) is 0 Å². The number of unbranched alkanes of at least 4 members (excludes halogenated alkanes) is 1. The highest BCUT2D eigenvalue weighted by Gasteiger charge is 1.69. The van der Waals surface area contributed by atoms with Gasteiger partial charge in [-0.2, -0.15) is 4.99 Å². The van der Waals surface area contributed by atoms with Crippen LogP contribution in [0, 0.1) is 0 Å². The molecule has 3 heteroatoms. The molecule has 10 heavy (non-hydrogen) atoms. The summed E-state index contributed by atoms with van der Waals surface area (Å²) in [6.45, 7) is 5.52. The van der Waals surface area contributed by atoms with E-state index in [1.807, 2.05) is 0 Å². The van der Waals surface area contributed by atoms with Crippen LogP contribution in [-0.2, 0) is 4.79 Å². The highest BCUT2D eigenvalue weighted by Crippen LogP contribution is 1.78. The second-order valence-corrected chi connectivity index (χ2v) is 1.48. The number of isocyanates is 1. The van der Waals surface area contributed by atoms with Crippen LogP contribution in [0.1, 0.15) is 19.8 Å². The topological polar surface area (TPSA) is 49.7 Å². The third kappa shape index (κ3) is 27.6. The molecule has 0 radical (unpaired) electrons. The third-order valence-corrected chi connectivity index (χ3v) is 0.656. The van der Waals surface area contributed by atoms with Crippen molar-refractivity contribution < 1.29 is 9.90 Å². The molecule has 0 aromatic carbocycles. The van der Waals surface area contributed by atoms with E-state index < -0.39 is 0 Å². The van der Waals surface area contributed by atoms with Crippen molar-refractivity contribution in [3.8, 4) is 0 Å². The predicted molar refractivity (Wildman–Crippen MR) is 40.3 cm³/mol. The lowest BCUT2D eigenvalue weighted by Crippen LogP contribution is -1.75. The number of hydrogen-bond acceptors (Lipinski definition) is 3. The maximum atomic E-state index is 9.04. The zero-order valence-electron chi connectivity index (χ0n) is 6.21. The molecule has 3 nitrogen and oxygen atoms in total. The number of nitrogens with zero attached hydrogens (tertiary/aromatic N) is 1. The smallest absolute Gasteiger partial charge is 0.239 e. The number of rotatable bonds is 3. The Bertz CT molecular complexity index is 104. The van der Waals surface area contributed by atoms with E-state index in [0.29, 0.717) is 6.61 Å². The molecule has 0 amide bonds. The minimum atomic E-state index is 0.344. The van der Waals surface area contributed by atoms with Crippen molar-refractivity contribution in [1.29, 1.82) is 0 Å². The van der Waals surface area contributed by atoms with Gasteiger partial charge in [-0.3, -0.25) is 0 Å². The van der Waals surface area contributed by atoms with Crippen molar-refractivity contribution >= 4 is 6.08 Å². The SMILES string of the molecule is C=CN=C=O.CCCCO. The van der Waals surface area contributed by atoms with Crippen LogP contribution in [0.15, 0.2) is 17.8 Å². The summed E-state index contributed by atoms with van der Waals surface area (Å²) in [5.74, 6) is 0. The Kier molecular flexibility index (Phi) is 18.6. The molecule has 0 aliphatic rings. The summed E-state index contributed by atoms with van der Waals surface area (Å²) in [7, 11) is 0. The molecule has 0 unspecified atom stereocenters. The Morgan fingerprint density at radius 2 is 2.40 bits per heavy atom. The molecule has 0 bridgehead atoms. The summed E-state index contributed by atoms with van der Waals surface area (Å²) in [6, 6.07) is 0. The van der Waals surface area contributed by atoms with Gasteiger partial charge in [0, 0.05) is 12.8 Å². The lowest BCUT2D eigenvalue weighted by Gasteiger charge is -1.79. The summed E-state index contributed by atoms with van der Waals surface area (Å²) in [5, 5.41) is 8.07. The Labute approximate surface area is 61.1 Å². The fraction of sp³-hybridized carbons (Fsp3) is 0.571. The van der Waals surface area contributed by atoms with E-state index in [9.17, 15) is 0 Å². The first-order valence-electron chi connectivity index (χ1n) is 3.12. The van der Waals surface area contributed by atoms with Gasteiger partial charge in [-0.15, -0.1) is 0 Å². The molecule has 0 atom stereocenters. The molecule has 0 spiro atoms. The molecule has 1 N–H and O–H groups in total. The minimum Gasteiger partial charge on any atom is -0.396 e. The molecule has 0 saturated carbocycles. The number of aliphatic hydroxyl groups is 1. The molecule has 0 aliphatic heterocycles. The second kappa shape index (κ2) is 15.7. The van der Waals surface area contributed by atoms with Gasteiger partial charge in [0.1, 0.15) is 0 Å². The minimum absolute atomic E-state index is 0.344. The molecule has 58 valence electrons. The average molecular weight is 143 g/mol. The molecule has 0 aromatic heterocycles. The zero-order valence-corrected chi connectivity index (χ0v) is 6.21. The second-order valence-electron chi connectivity index (χ2n) is 1.48. The van der Waals surface area contributed by atoms with Gasteiger partial charge in [0.25, 0.3) is 0 Å². The van der Waals surface area contributed by atoms with Crippen LogP contribution in [0.2, 0.25) is 0 Å². The van der Waals surface area contributed by atoms with E-state index in [1.165, 1.54) is 6.08 Å². The summed E-state index contributed by atoms with van der Waals surface area (Å²) in [6.07, 6.45) is 4.44. The third-order valence-electron chi connectivity index (χ3n) is 0.656. The van der Waals surface area contributed by atoms with Gasteiger partial charge >= 0.3 is 0 Å². The Hall–Kier alpha value is -0.920. The van der Waals surface area contributed by atoms with E-state index in [-0.39, 0.29) is 0 Å².